The molecule has 29 heavy (non-hydrogen) atoms. The SMILES string of the molecule is Cc1c(C)c(C)c(S(=O)(=O)NCC2CCN(Cc3cccnc3)CC2)c(C)c1C. The first-order chi connectivity index (χ1) is 13.7. The molecule has 0 atom stereocenters. The minimum absolute atomic E-state index is 0.378. The summed E-state index contributed by atoms with van der Waals surface area (Å²) in [6.45, 7) is 13.3. The number of nitrogens with one attached hydrogen (secondary N) is 1. The van der Waals surface area contributed by atoms with Gasteiger partial charge in [-0.15, -0.1) is 0 Å². The second-order valence-corrected chi connectivity index (χ2v) is 10.1. The van der Waals surface area contributed by atoms with E-state index in [-0.39, 0.29) is 0 Å². The second kappa shape index (κ2) is 8.94. The average Bonchev–Trinajstić information content (AvgIpc) is 2.71. The first-order valence-corrected chi connectivity index (χ1v) is 11.9. The van der Waals surface area contributed by atoms with Crippen molar-refractivity contribution in [2.24, 2.45) is 5.92 Å². The van der Waals surface area contributed by atoms with Gasteiger partial charge in [-0.05, 0) is 106 Å². The van der Waals surface area contributed by atoms with Crippen LogP contribution in [0.5, 0.6) is 0 Å². The molecule has 2 aromatic rings. The predicted molar refractivity (Wildman–Crippen MR) is 118 cm³/mol. The van der Waals surface area contributed by atoms with E-state index in [1.807, 2.05) is 40.0 Å². The molecule has 2 heterocycles. The maximum Gasteiger partial charge on any atom is 0.241 e. The molecular weight excluding hydrogens is 382 g/mol. The van der Waals surface area contributed by atoms with Crippen LogP contribution in [0.3, 0.4) is 0 Å². The number of rotatable bonds is 6. The summed E-state index contributed by atoms with van der Waals surface area (Å²) in [5.74, 6) is 0.378. The smallest absolute Gasteiger partial charge is 0.241 e. The van der Waals surface area contributed by atoms with Crippen molar-refractivity contribution in [2.75, 3.05) is 19.6 Å². The number of likely N-dealkylation sites (tertiary alicyclic amines) is 1. The fourth-order valence-corrected chi connectivity index (χ4v) is 5.98. The quantitative estimate of drug-likeness (QED) is 0.779. The van der Waals surface area contributed by atoms with E-state index in [0.717, 1.165) is 54.7 Å². The van der Waals surface area contributed by atoms with E-state index in [4.69, 9.17) is 0 Å². The third-order valence-electron chi connectivity index (χ3n) is 6.60. The van der Waals surface area contributed by atoms with Gasteiger partial charge in [-0.25, -0.2) is 13.1 Å². The van der Waals surface area contributed by atoms with Crippen molar-refractivity contribution in [1.29, 1.82) is 0 Å². The Morgan fingerprint density at radius 3 is 2.14 bits per heavy atom. The van der Waals surface area contributed by atoms with E-state index in [9.17, 15) is 8.42 Å². The molecule has 1 aromatic carbocycles. The van der Waals surface area contributed by atoms with Crippen LogP contribution < -0.4 is 4.72 Å². The molecule has 1 aliphatic rings. The van der Waals surface area contributed by atoms with Crippen LogP contribution in [0, 0.1) is 40.5 Å². The van der Waals surface area contributed by atoms with E-state index in [1.165, 1.54) is 11.1 Å². The van der Waals surface area contributed by atoms with Crippen molar-refractivity contribution in [3.05, 3.63) is 57.9 Å². The van der Waals surface area contributed by atoms with Gasteiger partial charge in [0.05, 0.1) is 4.90 Å². The van der Waals surface area contributed by atoms with Crippen LogP contribution in [-0.4, -0.2) is 37.9 Å². The number of piperidine rings is 1. The lowest BCUT2D eigenvalue weighted by Gasteiger charge is -2.32. The zero-order valence-corrected chi connectivity index (χ0v) is 19.1. The Labute approximate surface area is 175 Å². The van der Waals surface area contributed by atoms with E-state index < -0.39 is 10.0 Å². The molecule has 0 aliphatic carbocycles. The minimum Gasteiger partial charge on any atom is -0.299 e. The number of pyridine rings is 1. The van der Waals surface area contributed by atoms with Crippen LogP contribution in [-0.2, 0) is 16.6 Å². The summed E-state index contributed by atoms with van der Waals surface area (Å²) in [4.78, 5) is 7.06. The van der Waals surface area contributed by atoms with Gasteiger partial charge in [0.15, 0.2) is 0 Å². The number of benzene rings is 1. The average molecular weight is 416 g/mol. The van der Waals surface area contributed by atoms with Crippen LogP contribution in [0.2, 0.25) is 0 Å². The van der Waals surface area contributed by atoms with Crippen molar-refractivity contribution in [3.8, 4) is 0 Å². The summed E-state index contributed by atoms with van der Waals surface area (Å²) in [7, 11) is -3.52. The Kier molecular flexibility index (Phi) is 6.76. The molecule has 1 saturated heterocycles. The van der Waals surface area contributed by atoms with Crippen LogP contribution >= 0.6 is 0 Å². The molecule has 0 saturated carbocycles. The van der Waals surface area contributed by atoms with Crippen molar-refractivity contribution in [3.63, 3.8) is 0 Å². The zero-order chi connectivity index (χ0) is 21.2. The molecule has 158 valence electrons. The van der Waals surface area contributed by atoms with Crippen molar-refractivity contribution < 1.29 is 8.42 Å². The Balaban J connectivity index is 1.61. The Morgan fingerprint density at radius 2 is 1.59 bits per heavy atom. The molecule has 1 aliphatic heterocycles. The number of hydrogen-bond acceptors (Lipinski definition) is 4. The normalized spacial score (nSPS) is 16.3. The van der Waals surface area contributed by atoms with Crippen LogP contribution in [0.1, 0.15) is 46.2 Å². The third-order valence-corrected chi connectivity index (χ3v) is 8.29. The number of nitrogens with zero attached hydrogens (tertiary/aromatic N) is 2. The maximum absolute atomic E-state index is 13.1. The van der Waals surface area contributed by atoms with Crippen molar-refractivity contribution >= 4 is 10.0 Å². The van der Waals surface area contributed by atoms with E-state index in [1.54, 1.807) is 6.20 Å². The minimum atomic E-state index is -3.52. The largest absolute Gasteiger partial charge is 0.299 e. The van der Waals surface area contributed by atoms with Gasteiger partial charge in [0.25, 0.3) is 0 Å². The van der Waals surface area contributed by atoms with Crippen LogP contribution in [0.25, 0.3) is 0 Å². The lowest BCUT2D eigenvalue weighted by molar-refractivity contribution is 0.178. The lowest BCUT2D eigenvalue weighted by Crippen LogP contribution is -2.38. The first kappa shape index (κ1) is 21.9. The van der Waals surface area contributed by atoms with Gasteiger partial charge >= 0.3 is 0 Å². The predicted octanol–water partition coefficient (Wildman–Crippen LogP) is 3.81. The molecule has 6 heteroatoms. The number of sulfonamides is 1. The van der Waals surface area contributed by atoms with E-state index in [0.29, 0.717) is 17.4 Å². The highest BCUT2D eigenvalue weighted by Crippen LogP contribution is 2.29. The lowest BCUT2D eigenvalue weighted by atomic mass is 9.95. The highest BCUT2D eigenvalue weighted by atomic mass is 32.2. The molecule has 0 spiro atoms. The standard InChI is InChI=1S/C23H33N3O2S/c1-16-17(2)19(4)23(20(5)18(16)3)29(27,28)25-14-21-8-11-26(12-9-21)15-22-7-6-10-24-13-22/h6-7,10,13,21,25H,8-9,11-12,14-15H2,1-5H3. The molecule has 1 N–H and O–H groups in total. The molecule has 1 aromatic heterocycles. The van der Waals surface area contributed by atoms with Gasteiger partial charge in [-0.1, -0.05) is 6.07 Å². The van der Waals surface area contributed by atoms with Gasteiger partial charge in [0, 0.05) is 25.5 Å². The van der Waals surface area contributed by atoms with Gasteiger partial charge in [0.1, 0.15) is 0 Å². The fourth-order valence-electron chi connectivity index (χ4n) is 4.27. The summed E-state index contributed by atoms with van der Waals surface area (Å²) >= 11 is 0. The Hall–Kier alpha value is -1.76. The van der Waals surface area contributed by atoms with Crippen LogP contribution in [0.4, 0.5) is 0 Å². The second-order valence-electron chi connectivity index (χ2n) is 8.39. The Morgan fingerprint density at radius 1 is 1.00 bits per heavy atom. The van der Waals surface area contributed by atoms with E-state index in [2.05, 4.69) is 27.6 Å². The van der Waals surface area contributed by atoms with Crippen molar-refractivity contribution in [1.82, 2.24) is 14.6 Å². The molecular formula is C23H33N3O2S. The maximum atomic E-state index is 13.1. The van der Waals surface area contributed by atoms with Gasteiger partial charge in [-0.2, -0.15) is 0 Å². The van der Waals surface area contributed by atoms with Gasteiger partial charge in [-0.3, -0.25) is 9.88 Å². The molecule has 3 rings (SSSR count). The fraction of sp³-hybridized carbons (Fsp3) is 0.522. The highest BCUT2D eigenvalue weighted by Gasteiger charge is 2.26. The molecule has 0 amide bonds. The molecule has 0 bridgehead atoms. The first-order valence-electron chi connectivity index (χ1n) is 10.4. The summed E-state index contributed by atoms with van der Waals surface area (Å²) in [6, 6.07) is 4.07. The Bertz CT molecular complexity index is 934. The molecule has 0 radical (unpaired) electrons. The molecule has 1 fully saturated rings. The van der Waals surface area contributed by atoms with Gasteiger partial charge in [0.2, 0.25) is 10.0 Å². The molecule has 0 unspecified atom stereocenters. The third kappa shape index (κ3) is 4.87. The topological polar surface area (TPSA) is 62.3 Å². The van der Waals surface area contributed by atoms with Gasteiger partial charge < -0.3 is 0 Å². The number of hydrogen-bond donors (Lipinski definition) is 1. The van der Waals surface area contributed by atoms with Crippen LogP contribution in [0.15, 0.2) is 29.4 Å². The summed E-state index contributed by atoms with van der Waals surface area (Å²) in [5.41, 5.74) is 6.27. The summed E-state index contributed by atoms with van der Waals surface area (Å²) < 4.78 is 29.1. The summed E-state index contributed by atoms with van der Waals surface area (Å²) in [6.07, 6.45) is 5.72. The summed E-state index contributed by atoms with van der Waals surface area (Å²) in [5, 5.41) is 0. The number of aromatic nitrogens is 1. The highest BCUT2D eigenvalue weighted by molar-refractivity contribution is 7.89. The van der Waals surface area contributed by atoms with E-state index >= 15 is 0 Å². The molecule has 5 nitrogen and oxygen atoms in total. The zero-order valence-electron chi connectivity index (χ0n) is 18.2. The monoisotopic (exact) mass is 415 g/mol. The van der Waals surface area contributed by atoms with Crippen molar-refractivity contribution in [2.45, 2.75) is 58.9 Å².